The molecule has 0 aromatic heterocycles. The van der Waals surface area contributed by atoms with Gasteiger partial charge in [-0.1, -0.05) is 0 Å². The Morgan fingerprint density at radius 2 is 1.17 bits per heavy atom. The number of hydrogen-bond acceptors (Lipinski definition) is 4. The molecule has 0 saturated heterocycles. The summed E-state index contributed by atoms with van der Waals surface area (Å²) < 4.78 is 34.6. The Labute approximate surface area is 60.0 Å². The van der Waals surface area contributed by atoms with E-state index in [9.17, 15) is 0 Å². The molecule has 0 saturated carbocycles. The SMILES string of the molecule is [O]=[Sb]([O-])([O-])[O-].[Pb+3]. The van der Waals surface area contributed by atoms with Gasteiger partial charge in [-0.25, -0.2) is 0 Å². The summed E-state index contributed by atoms with van der Waals surface area (Å²) in [6, 6.07) is 0. The van der Waals surface area contributed by atoms with E-state index in [1.807, 2.05) is 0 Å². The Morgan fingerprint density at radius 1 is 1.17 bits per heavy atom. The molecule has 33 valence electrons. The van der Waals surface area contributed by atoms with E-state index < -0.39 is 20.1 Å². The first-order chi connectivity index (χ1) is 2.00. The molecule has 1 radical (unpaired) electrons. The average Bonchev–Trinajstić information content (AvgIpc) is 0.722. The van der Waals surface area contributed by atoms with E-state index in [0.29, 0.717) is 0 Å². The van der Waals surface area contributed by atoms with Gasteiger partial charge in [-0.3, -0.25) is 0 Å². The van der Waals surface area contributed by atoms with Gasteiger partial charge in [-0.15, -0.1) is 0 Å². The van der Waals surface area contributed by atoms with Gasteiger partial charge in [0.1, 0.15) is 0 Å². The van der Waals surface area contributed by atoms with Gasteiger partial charge in [0.25, 0.3) is 0 Å². The Bertz CT molecular complexity index is 53.7. The van der Waals surface area contributed by atoms with Crippen molar-refractivity contribution < 1.29 is 13.2 Å². The summed E-state index contributed by atoms with van der Waals surface area (Å²) in [6.07, 6.45) is 0. The zero-order chi connectivity index (χ0) is 4.50. The van der Waals surface area contributed by atoms with Crippen LogP contribution in [0.3, 0.4) is 0 Å². The van der Waals surface area contributed by atoms with Gasteiger partial charge in [-0.05, 0) is 0 Å². The predicted octanol–water partition coefficient (Wildman–Crippen LogP) is -4.45. The molecule has 0 aliphatic carbocycles. The van der Waals surface area contributed by atoms with E-state index in [2.05, 4.69) is 0 Å². The van der Waals surface area contributed by atoms with Crippen molar-refractivity contribution in [1.82, 2.24) is 0 Å². The maximum Gasteiger partial charge on any atom is 3.00 e. The molecule has 0 aliphatic heterocycles. The molecule has 0 aliphatic rings. The van der Waals surface area contributed by atoms with E-state index in [1.54, 1.807) is 0 Å². The zero-order valence-corrected chi connectivity index (χ0v) is 9.02. The van der Waals surface area contributed by atoms with Gasteiger partial charge in [0.2, 0.25) is 0 Å². The number of rotatable bonds is 0. The fourth-order valence-electron chi connectivity index (χ4n) is 0. The molecule has 0 spiro atoms. The molecule has 0 amide bonds. The Morgan fingerprint density at radius 3 is 1.17 bits per heavy atom. The maximum absolute atomic E-state index is 8.64. The third-order valence-electron chi connectivity index (χ3n) is 0. The van der Waals surface area contributed by atoms with Crippen molar-refractivity contribution in [3.63, 3.8) is 0 Å². The summed E-state index contributed by atoms with van der Waals surface area (Å²) in [5.74, 6) is 0. The van der Waals surface area contributed by atoms with Crippen molar-refractivity contribution in [3.05, 3.63) is 0 Å². The van der Waals surface area contributed by atoms with Crippen molar-refractivity contribution >= 4 is 47.4 Å². The summed E-state index contributed by atoms with van der Waals surface area (Å²) in [5.41, 5.74) is 0. The van der Waals surface area contributed by atoms with Gasteiger partial charge in [0.15, 0.2) is 0 Å². The second-order valence-corrected chi connectivity index (χ2v) is 3.00. The minimum Gasteiger partial charge on any atom is 3.00 e. The molecule has 0 bridgehead atoms. The van der Waals surface area contributed by atoms with E-state index in [4.69, 9.17) is 13.2 Å². The van der Waals surface area contributed by atoms with Gasteiger partial charge in [0.05, 0.1) is 0 Å². The molecule has 0 fully saturated rings. The Kier molecular flexibility index (Phi) is 5.94. The molecule has 6 heavy (non-hydrogen) atoms. The minimum atomic E-state index is -6.10. The Balaban J connectivity index is 0. The fourth-order valence-corrected chi connectivity index (χ4v) is 0. The van der Waals surface area contributed by atoms with Crippen LogP contribution in [0.5, 0.6) is 0 Å². The fraction of sp³-hybridized carbons (Fsp3) is 0. The summed E-state index contributed by atoms with van der Waals surface area (Å²) in [7, 11) is 0. The van der Waals surface area contributed by atoms with Crippen LogP contribution in [0.15, 0.2) is 0 Å². The van der Waals surface area contributed by atoms with E-state index in [1.165, 1.54) is 0 Å². The quantitative estimate of drug-likeness (QED) is 0.389. The van der Waals surface area contributed by atoms with Crippen LogP contribution in [0.1, 0.15) is 0 Å². The standard InChI is InChI=1S/4O.Pb.Sb/q;3*-1;+3;. The van der Waals surface area contributed by atoms with E-state index in [-0.39, 0.29) is 27.3 Å². The second-order valence-electron chi connectivity index (χ2n) is 0.447. The molecule has 6 heteroatoms. The molecule has 4 nitrogen and oxygen atoms in total. The van der Waals surface area contributed by atoms with Crippen LogP contribution < -0.4 is 10.2 Å². The van der Waals surface area contributed by atoms with Gasteiger partial charge < -0.3 is 0 Å². The van der Waals surface area contributed by atoms with Crippen molar-refractivity contribution in [2.75, 3.05) is 0 Å². The number of hydrogen-bond donors (Lipinski definition) is 0. The third-order valence-corrected chi connectivity index (χ3v) is 0. The topological polar surface area (TPSA) is 86.2 Å². The summed E-state index contributed by atoms with van der Waals surface area (Å²) in [6.45, 7) is 0. The Hall–Kier alpha value is 1.42. The first kappa shape index (κ1) is 10.4. The molecule has 0 unspecified atom stereocenters. The summed E-state index contributed by atoms with van der Waals surface area (Å²) >= 11 is -6.10. The van der Waals surface area contributed by atoms with Crippen molar-refractivity contribution in [2.45, 2.75) is 0 Å². The van der Waals surface area contributed by atoms with Crippen molar-refractivity contribution in [3.8, 4) is 0 Å². The minimum absolute atomic E-state index is 0. The van der Waals surface area contributed by atoms with Crippen LogP contribution in [0.4, 0.5) is 0 Å². The first-order valence-electron chi connectivity index (χ1n) is 0.730. The normalized spacial score (nSPS) is 9.83. The predicted molar refractivity (Wildman–Crippen MR) is 12.2 cm³/mol. The smallest absolute Gasteiger partial charge is 3.00 e. The molecule has 0 heterocycles. The largest absolute Gasteiger partial charge is 3.00 e. The van der Waals surface area contributed by atoms with Gasteiger partial charge in [0, 0.05) is 0 Å². The maximum atomic E-state index is 8.64. The monoisotopic (exact) mass is 393 g/mol. The second kappa shape index (κ2) is 3.43. The van der Waals surface area contributed by atoms with E-state index >= 15 is 0 Å². The molecule has 0 atom stereocenters. The molecular weight excluding hydrogens is 393 g/mol. The van der Waals surface area contributed by atoms with Gasteiger partial charge >= 0.3 is 60.5 Å². The van der Waals surface area contributed by atoms with E-state index in [0.717, 1.165) is 0 Å². The molecular formula is O4PbSb. The first-order valence-corrected chi connectivity index (χ1v) is 4.90. The van der Waals surface area contributed by atoms with Crippen LogP contribution in [-0.4, -0.2) is 47.4 Å². The third kappa shape index (κ3) is 52.5. The molecule has 0 N–H and O–H groups in total. The van der Waals surface area contributed by atoms with Crippen molar-refractivity contribution in [2.24, 2.45) is 0 Å². The van der Waals surface area contributed by atoms with Crippen LogP contribution >= 0.6 is 0 Å². The molecule has 0 aromatic carbocycles. The van der Waals surface area contributed by atoms with Crippen LogP contribution in [-0.2, 0) is 3.02 Å². The van der Waals surface area contributed by atoms with Crippen LogP contribution in [0.25, 0.3) is 0 Å². The molecule has 0 rings (SSSR count). The summed E-state index contributed by atoms with van der Waals surface area (Å²) in [4.78, 5) is 0. The van der Waals surface area contributed by atoms with Crippen LogP contribution in [0, 0.1) is 0 Å². The zero-order valence-electron chi connectivity index (χ0n) is 2.58. The van der Waals surface area contributed by atoms with Crippen molar-refractivity contribution in [1.29, 1.82) is 0 Å². The average molecular weight is 393 g/mol. The van der Waals surface area contributed by atoms with Gasteiger partial charge in [-0.2, -0.15) is 0 Å². The molecule has 0 aromatic rings. The van der Waals surface area contributed by atoms with Crippen LogP contribution in [0.2, 0.25) is 0 Å². The summed E-state index contributed by atoms with van der Waals surface area (Å²) in [5, 5.41) is 0.